The number of hydrogen-bond acceptors (Lipinski definition) is 3. The first kappa shape index (κ1) is 24.1. The SMILES string of the molecule is CCC(C)CC1C2CC3(C(C)(C)O)CC1CC(C(C)(C)OC(=O)C(C)(C)CC)(C2)C3. The van der Waals surface area contributed by atoms with Crippen LogP contribution in [0.4, 0.5) is 0 Å². The van der Waals surface area contributed by atoms with Gasteiger partial charge in [0.1, 0.15) is 5.60 Å². The monoisotopic (exact) mass is 420 g/mol. The minimum Gasteiger partial charge on any atom is -0.459 e. The van der Waals surface area contributed by atoms with E-state index in [1.807, 2.05) is 27.7 Å². The summed E-state index contributed by atoms with van der Waals surface area (Å²) in [6.07, 6.45) is 8.90. The van der Waals surface area contributed by atoms with E-state index in [0.717, 1.165) is 50.4 Å². The summed E-state index contributed by atoms with van der Waals surface area (Å²) in [6, 6.07) is 0. The Morgan fingerprint density at radius 3 is 1.93 bits per heavy atom. The lowest BCUT2D eigenvalue weighted by atomic mass is 9.36. The van der Waals surface area contributed by atoms with Gasteiger partial charge in [-0.2, -0.15) is 0 Å². The Labute approximate surface area is 185 Å². The van der Waals surface area contributed by atoms with E-state index in [1.54, 1.807) is 0 Å². The smallest absolute Gasteiger partial charge is 0.312 e. The Morgan fingerprint density at radius 1 is 1.00 bits per heavy atom. The fourth-order valence-corrected chi connectivity index (χ4v) is 7.30. The molecule has 0 aromatic carbocycles. The zero-order valence-corrected chi connectivity index (χ0v) is 21.2. The summed E-state index contributed by atoms with van der Waals surface area (Å²) in [5.41, 5.74) is -1.73. The van der Waals surface area contributed by atoms with Gasteiger partial charge in [-0.3, -0.25) is 4.79 Å². The molecule has 30 heavy (non-hydrogen) atoms. The maximum atomic E-state index is 13.1. The quantitative estimate of drug-likeness (QED) is 0.441. The molecule has 1 N–H and O–H groups in total. The maximum absolute atomic E-state index is 13.1. The Balaban J connectivity index is 1.95. The van der Waals surface area contributed by atoms with Gasteiger partial charge in [0, 0.05) is 5.41 Å². The van der Waals surface area contributed by atoms with Gasteiger partial charge >= 0.3 is 5.97 Å². The third-order valence-corrected chi connectivity index (χ3v) is 10.2. The summed E-state index contributed by atoms with van der Waals surface area (Å²) in [5.74, 6) is 2.74. The van der Waals surface area contributed by atoms with Gasteiger partial charge in [0.2, 0.25) is 0 Å². The minimum absolute atomic E-state index is 0.0235. The molecule has 4 aliphatic carbocycles. The molecule has 4 saturated carbocycles. The van der Waals surface area contributed by atoms with Crippen LogP contribution in [0.15, 0.2) is 0 Å². The largest absolute Gasteiger partial charge is 0.459 e. The topological polar surface area (TPSA) is 46.5 Å². The Bertz CT molecular complexity index is 638. The zero-order valence-electron chi connectivity index (χ0n) is 21.2. The average molecular weight is 421 g/mol. The van der Waals surface area contributed by atoms with E-state index in [2.05, 4.69) is 34.6 Å². The molecule has 0 aliphatic heterocycles. The van der Waals surface area contributed by atoms with Crippen LogP contribution in [-0.4, -0.2) is 22.3 Å². The number of aliphatic hydroxyl groups is 1. The van der Waals surface area contributed by atoms with Crippen molar-refractivity contribution in [1.29, 1.82) is 0 Å². The van der Waals surface area contributed by atoms with Crippen LogP contribution < -0.4 is 0 Å². The van der Waals surface area contributed by atoms with Crippen molar-refractivity contribution in [3.05, 3.63) is 0 Å². The highest BCUT2D eigenvalue weighted by atomic mass is 16.6. The molecule has 174 valence electrons. The first-order chi connectivity index (χ1) is 13.6. The molecule has 0 heterocycles. The van der Waals surface area contributed by atoms with Gasteiger partial charge < -0.3 is 9.84 Å². The molecule has 4 rings (SSSR count). The molecular formula is C27H48O3. The van der Waals surface area contributed by atoms with Crippen molar-refractivity contribution in [2.45, 2.75) is 125 Å². The molecule has 4 fully saturated rings. The summed E-state index contributed by atoms with van der Waals surface area (Å²) in [6.45, 7) is 19.1. The van der Waals surface area contributed by atoms with E-state index in [4.69, 9.17) is 4.74 Å². The fraction of sp³-hybridized carbons (Fsp3) is 0.963. The molecule has 0 amide bonds. The molecule has 4 aliphatic rings. The standard InChI is InChI=1S/C27H48O3/c1-10-18(3)12-21-19-13-26(24(6,7)29)14-20(21)16-27(15-19,17-26)25(8,9)30-22(28)23(4,5)11-2/h18-21,29H,10-17H2,1-9H3. The van der Waals surface area contributed by atoms with Crippen LogP contribution in [-0.2, 0) is 9.53 Å². The van der Waals surface area contributed by atoms with Gasteiger partial charge in [-0.05, 0) is 116 Å². The molecule has 4 bridgehead atoms. The first-order valence-corrected chi connectivity index (χ1v) is 12.6. The second-order valence-corrected chi connectivity index (χ2v) is 13.2. The summed E-state index contributed by atoms with van der Waals surface area (Å²) in [4.78, 5) is 13.1. The highest BCUT2D eigenvalue weighted by Crippen LogP contribution is 2.73. The van der Waals surface area contributed by atoms with Crippen LogP contribution >= 0.6 is 0 Å². The number of esters is 1. The lowest BCUT2D eigenvalue weighted by Gasteiger charge is -2.70. The van der Waals surface area contributed by atoms with Crippen LogP contribution in [0.1, 0.15) is 114 Å². The lowest BCUT2D eigenvalue weighted by molar-refractivity contribution is -0.262. The van der Waals surface area contributed by atoms with Gasteiger partial charge in [-0.1, -0.05) is 27.2 Å². The summed E-state index contributed by atoms with van der Waals surface area (Å²) < 4.78 is 6.35. The van der Waals surface area contributed by atoms with Crippen LogP contribution in [0.3, 0.4) is 0 Å². The van der Waals surface area contributed by atoms with Crippen LogP contribution in [0.2, 0.25) is 0 Å². The van der Waals surface area contributed by atoms with Crippen molar-refractivity contribution in [1.82, 2.24) is 0 Å². The first-order valence-electron chi connectivity index (χ1n) is 12.6. The van der Waals surface area contributed by atoms with Gasteiger partial charge in [0.25, 0.3) is 0 Å². The molecule has 0 radical (unpaired) electrons. The summed E-state index contributed by atoms with van der Waals surface area (Å²) in [7, 11) is 0. The highest BCUT2D eigenvalue weighted by Gasteiger charge is 2.68. The van der Waals surface area contributed by atoms with Crippen molar-refractivity contribution < 1.29 is 14.6 Å². The molecule has 3 atom stereocenters. The molecule has 0 aromatic heterocycles. The number of ether oxygens (including phenoxy) is 1. The van der Waals surface area contributed by atoms with Crippen molar-refractivity contribution in [2.75, 3.05) is 0 Å². The predicted molar refractivity (Wildman–Crippen MR) is 123 cm³/mol. The van der Waals surface area contributed by atoms with Gasteiger partial charge in [-0.25, -0.2) is 0 Å². The van der Waals surface area contributed by atoms with E-state index >= 15 is 0 Å². The average Bonchev–Trinajstić information content (AvgIpc) is 2.62. The van der Waals surface area contributed by atoms with E-state index in [1.165, 1.54) is 12.8 Å². The fourth-order valence-electron chi connectivity index (χ4n) is 7.30. The number of carbonyl (C=O) groups excluding carboxylic acids is 1. The minimum atomic E-state index is -0.695. The van der Waals surface area contributed by atoms with Gasteiger partial charge in [-0.15, -0.1) is 0 Å². The molecule has 0 aromatic rings. The molecule has 3 nitrogen and oxygen atoms in total. The van der Waals surface area contributed by atoms with Crippen molar-refractivity contribution in [2.24, 2.45) is 39.9 Å². The van der Waals surface area contributed by atoms with Crippen molar-refractivity contribution in [3.8, 4) is 0 Å². The van der Waals surface area contributed by atoms with Crippen LogP contribution in [0.25, 0.3) is 0 Å². The molecular weight excluding hydrogens is 372 g/mol. The zero-order chi connectivity index (χ0) is 22.8. The van der Waals surface area contributed by atoms with Crippen molar-refractivity contribution >= 4 is 5.97 Å². The summed E-state index contributed by atoms with van der Waals surface area (Å²) >= 11 is 0. The van der Waals surface area contributed by atoms with E-state index in [0.29, 0.717) is 11.8 Å². The Morgan fingerprint density at radius 2 is 1.50 bits per heavy atom. The Kier molecular flexibility index (Phi) is 6.01. The van der Waals surface area contributed by atoms with E-state index < -0.39 is 16.6 Å². The third kappa shape index (κ3) is 3.76. The van der Waals surface area contributed by atoms with Gasteiger partial charge in [0.05, 0.1) is 11.0 Å². The van der Waals surface area contributed by atoms with Crippen molar-refractivity contribution in [3.63, 3.8) is 0 Å². The molecule has 3 heteroatoms. The second-order valence-electron chi connectivity index (χ2n) is 13.2. The van der Waals surface area contributed by atoms with Gasteiger partial charge in [0.15, 0.2) is 0 Å². The summed E-state index contributed by atoms with van der Waals surface area (Å²) in [5, 5.41) is 11.3. The predicted octanol–water partition coefficient (Wildman–Crippen LogP) is 6.76. The Hall–Kier alpha value is -0.570. The molecule has 0 saturated heterocycles. The lowest BCUT2D eigenvalue weighted by Crippen LogP contribution is -2.67. The van der Waals surface area contributed by atoms with Crippen LogP contribution in [0.5, 0.6) is 0 Å². The molecule has 0 spiro atoms. The van der Waals surface area contributed by atoms with Crippen LogP contribution in [0, 0.1) is 39.9 Å². The normalized spacial score (nSPS) is 37.3. The highest BCUT2D eigenvalue weighted by molar-refractivity contribution is 5.76. The van der Waals surface area contributed by atoms with E-state index in [9.17, 15) is 9.90 Å². The van der Waals surface area contributed by atoms with E-state index in [-0.39, 0.29) is 16.8 Å². The number of carbonyl (C=O) groups is 1. The second kappa shape index (κ2) is 7.49. The third-order valence-electron chi connectivity index (χ3n) is 10.2. The number of rotatable bonds is 8. The molecule has 3 unspecified atom stereocenters. The maximum Gasteiger partial charge on any atom is 0.312 e. The number of hydrogen-bond donors (Lipinski definition) is 1.